The van der Waals surface area contributed by atoms with Crippen LogP contribution in [0.1, 0.15) is 21.7 Å². The average molecular weight is 516 g/mol. The number of nitrogens with zero attached hydrogens (tertiary/aromatic N) is 4. The first-order valence-corrected chi connectivity index (χ1v) is 12.8. The van der Waals surface area contributed by atoms with Crippen molar-refractivity contribution in [3.05, 3.63) is 131 Å². The summed E-state index contributed by atoms with van der Waals surface area (Å²) in [5.74, 6) is -0.280. The second-order valence-electron chi connectivity index (χ2n) is 9.18. The second-order valence-corrected chi connectivity index (χ2v) is 10.3. The summed E-state index contributed by atoms with van der Waals surface area (Å²) >= 11 is 1.61. The standard InChI is InChI=1S/C31H22FN5S/c1-37-19-36-18-29(37)31(34,24-8-4-20(16-33)5-9-24)30-15-27-26(21-6-10-25(32)11-7-21)13-23(14-28(27)38-30)22-3-2-12-35-17-22/h2-15,17-19H,34H2,1H3. The fraction of sp³-hybridized carbons (Fsp3) is 0.0645. The highest BCUT2D eigenvalue weighted by Crippen LogP contribution is 2.44. The molecule has 2 N–H and O–H groups in total. The predicted octanol–water partition coefficient (Wildman–Crippen LogP) is 6.63. The van der Waals surface area contributed by atoms with Crippen LogP contribution in [0.4, 0.5) is 4.39 Å². The van der Waals surface area contributed by atoms with E-state index < -0.39 is 5.54 Å². The third kappa shape index (κ3) is 3.97. The van der Waals surface area contributed by atoms with Gasteiger partial charge < -0.3 is 10.3 Å². The number of hydrogen-bond acceptors (Lipinski definition) is 5. The number of benzene rings is 3. The van der Waals surface area contributed by atoms with Gasteiger partial charge >= 0.3 is 0 Å². The molecule has 0 bridgehead atoms. The Morgan fingerprint density at radius 1 is 0.921 bits per heavy atom. The molecule has 0 fully saturated rings. The van der Waals surface area contributed by atoms with Gasteiger partial charge in [0.2, 0.25) is 0 Å². The van der Waals surface area contributed by atoms with Crippen LogP contribution in [-0.2, 0) is 12.6 Å². The minimum Gasteiger partial charge on any atom is -0.335 e. The SMILES string of the molecule is Cn1cncc1C(N)(c1ccc(C#N)cc1)c1cc2c(-c3ccc(F)cc3)cc(-c3cccnc3)cc2s1. The zero-order valence-electron chi connectivity index (χ0n) is 20.5. The number of pyridine rings is 1. The highest BCUT2D eigenvalue weighted by molar-refractivity contribution is 7.19. The molecule has 0 aliphatic rings. The van der Waals surface area contributed by atoms with Crippen LogP contribution >= 0.6 is 11.3 Å². The van der Waals surface area contributed by atoms with Crippen LogP contribution in [0, 0.1) is 17.1 Å². The Bertz CT molecular complexity index is 1800. The normalized spacial score (nSPS) is 12.8. The monoisotopic (exact) mass is 515 g/mol. The van der Waals surface area contributed by atoms with Crippen LogP contribution in [0.15, 0.2) is 104 Å². The number of aromatic nitrogens is 3. The molecule has 1 atom stereocenters. The van der Waals surface area contributed by atoms with Crippen molar-refractivity contribution in [2.45, 2.75) is 5.54 Å². The van der Waals surface area contributed by atoms with Crippen molar-refractivity contribution in [2.24, 2.45) is 12.8 Å². The molecule has 38 heavy (non-hydrogen) atoms. The minimum atomic E-state index is -1.02. The van der Waals surface area contributed by atoms with Crippen molar-refractivity contribution in [2.75, 3.05) is 0 Å². The molecule has 184 valence electrons. The van der Waals surface area contributed by atoms with Gasteiger partial charge in [0, 0.05) is 40.0 Å². The van der Waals surface area contributed by atoms with Crippen molar-refractivity contribution in [3.63, 3.8) is 0 Å². The molecule has 3 aromatic heterocycles. The molecule has 0 amide bonds. The van der Waals surface area contributed by atoms with E-state index in [0.717, 1.165) is 48.5 Å². The number of imidazole rings is 1. The van der Waals surface area contributed by atoms with Gasteiger partial charge in [-0.3, -0.25) is 4.98 Å². The number of halogens is 1. The molecule has 6 rings (SSSR count). The van der Waals surface area contributed by atoms with Crippen molar-refractivity contribution < 1.29 is 4.39 Å². The van der Waals surface area contributed by atoms with Gasteiger partial charge in [-0.15, -0.1) is 11.3 Å². The van der Waals surface area contributed by atoms with E-state index in [1.807, 2.05) is 42.1 Å². The molecule has 0 saturated carbocycles. The summed E-state index contributed by atoms with van der Waals surface area (Å²) in [6, 6.07) is 26.4. The van der Waals surface area contributed by atoms with E-state index in [1.54, 1.807) is 54.3 Å². The molecule has 0 saturated heterocycles. The number of thiophene rings is 1. The number of nitriles is 1. The Morgan fingerprint density at radius 3 is 2.37 bits per heavy atom. The van der Waals surface area contributed by atoms with Gasteiger partial charge in [0.25, 0.3) is 0 Å². The fourth-order valence-corrected chi connectivity index (χ4v) is 6.12. The van der Waals surface area contributed by atoms with Gasteiger partial charge in [0.05, 0.1) is 29.9 Å². The van der Waals surface area contributed by atoms with E-state index >= 15 is 0 Å². The van der Waals surface area contributed by atoms with E-state index in [9.17, 15) is 9.65 Å². The molecule has 5 nitrogen and oxygen atoms in total. The van der Waals surface area contributed by atoms with Gasteiger partial charge in [0.1, 0.15) is 11.4 Å². The van der Waals surface area contributed by atoms with Crippen LogP contribution < -0.4 is 5.73 Å². The lowest BCUT2D eigenvalue weighted by molar-refractivity contribution is 0.607. The zero-order chi connectivity index (χ0) is 26.3. The van der Waals surface area contributed by atoms with Crippen molar-refractivity contribution in [3.8, 4) is 28.3 Å². The van der Waals surface area contributed by atoms with Gasteiger partial charge in [-0.2, -0.15) is 5.26 Å². The summed E-state index contributed by atoms with van der Waals surface area (Å²) < 4.78 is 16.8. The lowest BCUT2D eigenvalue weighted by atomic mass is 9.85. The molecule has 3 heterocycles. The lowest BCUT2D eigenvalue weighted by Crippen LogP contribution is -2.40. The maximum absolute atomic E-state index is 13.8. The Morgan fingerprint density at radius 2 is 1.71 bits per heavy atom. The quantitative estimate of drug-likeness (QED) is 0.280. The van der Waals surface area contributed by atoms with Gasteiger partial charge in [-0.1, -0.05) is 30.3 Å². The lowest BCUT2D eigenvalue weighted by Gasteiger charge is -2.29. The van der Waals surface area contributed by atoms with E-state index in [4.69, 9.17) is 5.73 Å². The third-order valence-corrected chi connectivity index (χ3v) is 8.08. The summed E-state index contributed by atoms with van der Waals surface area (Å²) in [5, 5.41) is 10.3. The van der Waals surface area contributed by atoms with Crippen LogP contribution in [-0.4, -0.2) is 14.5 Å². The number of fused-ring (bicyclic) bond motifs is 1. The average Bonchev–Trinajstić information content (AvgIpc) is 3.60. The highest BCUT2D eigenvalue weighted by Gasteiger charge is 2.36. The van der Waals surface area contributed by atoms with Crippen LogP contribution in [0.3, 0.4) is 0 Å². The Labute approximate surface area is 223 Å². The Balaban J connectivity index is 1.63. The van der Waals surface area contributed by atoms with Crippen molar-refractivity contribution in [1.82, 2.24) is 14.5 Å². The van der Waals surface area contributed by atoms with E-state index in [0.29, 0.717) is 5.56 Å². The van der Waals surface area contributed by atoms with E-state index in [2.05, 4.69) is 34.2 Å². The summed E-state index contributed by atoms with van der Waals surface area (Å²) in [4.78, 5) is 9.57. The van der Waals surface area contributed by atoms with Crippen molar-refractivity contribution in [1.29, 1.82) is 5.26 Å². The third-order valence-electron chi connectivity index (χ3n) is 6.87. The number of aryl methyl sites for hydroxylation is 1. The Hall–Kier alpha value is -4.64. The second kappa shape index (κ2) is 9.34. The number of rotatable bonds is 5. The predicted molar refractivity (Wildman–Crippen MR) is 149 cm³/mol. The highest BCUT2D eigenvalue weighted by atomic mass is 32.1. The summed E-state index contributed by atoms with van der Waals surface area (Å²) in [6.07, 6.45) is 7.10. The molecule has 6 aromatic rings. The maximum atomic E-state index is 13.8. The molecule has 7 heteroatoms. The number of nitrogens with two attached hydrogens (primary N) is 1. The first-order valence-electron chi connectivity index (χ1n) is 12.0. The van der Waals surface area contributed by atoms with Crippen LogP contribution in [0.25, 0.3) is 32.3 Å². The molecular weight excluding hydrogens is 493 g/mol. The fourth-order valence-electron chi connectivity index (χ4n) is 4.86. The minimum absolute atomic E-state index is 0.280. The first kappa shape index (κ1) is 23.7. The summed E-state index contributed by atoms with van der Waals surface area (Å²) in [5.41, 5.74) is 12.4. The molecule has 0 aliphatic heterocycles. The summed E-state index contributed by atoms with van der Waals surface area (Å²) in [6.45, 7) is 0. The molecule has 3 aromatic carbocycles. The molecule has 0 radical (unpaired) electrons. The molecule has 1 unspecified atom stereocenters. The van der Waals surface area contributed by atoms with E-state index in [-0.39, 0.29) is 5.82 Å². The van der Waals surface area contributed by atoms with Crippen LogP contribution in [0.5, 0.6) is 0 Å². The molecule has 0 aliphatic carbocycles. The molecular formula is C31H22FN5S. The van der Waals surface area contributed by atoms with Crippen molar-refractivity contribution >= 4 is 21.4 Å². The first-order chi connectivity index (χ1) is 18.5. The largest absolute Gasteiger partial charge is 0.335 e. The van der Waals surface area contributed by atoms with Crippen LogP contribution in [0.2, 0.25) is 0 Å². The van der Waals surface area contributed by atoms with Gasteiger partial charge in [0.15, 0.2) is 0 Å². The summed E-state index contributed by atoms with van der Waals surface area (Å²) in [7, 11) is 1.92. The topological polar surface area (TPSA) is 80.5 Å². The Kier molecular flexibility index (Phi) is 5.84. The smallest absolute Gasteiger partial charge is 0.123 e. The zero-order valence-corrected chi connectivity index (χ0v) is 21.3. The molecule has 0 spiro atoms. The number of hydrogen-bond donors (Lipinski definition) is 1. The van der Waals surface area contributed by atoms with Gasteiger partial charge in [-0.25, -0.2) is 9.37 Å². The maximum Gasteiger partial charge on any atom is 0.123 e. The van der Waals surface area contributed by atoms with Gasteiger partial charge in [-0.05, 0) is 70.8 Å². The van der Waals surface area contributed by atoms with E-state index in [1.165, 1.54) is 12.1 Å².